The molecule has 9 nitrogen and oxygen atoms in total. The number of nitrogens with zero attached hydrogens (tertiary/aromatic N) is 2. The number of amides is 2. The summed E-state index contributed by atoms with van der Waals surface area (Å²) >= 11 is 1.07. The van der Waals surface area contributed by atoms with Crippen LogP contribution in [0.2, 0.25) is 0 Å². The first-order valence-electron chi connectivity index (χ1n) is 11.2. The zero-order valence-electron chi connectivity index (χ0n) is 20.2. The molecule has 3 rings (SSSR count). The number of hydrogen-bond donors (Lipinski definition) is 2. The average Bonchev–Trinajstić information content (AvgIpc) is 2.88. The molecule has 1 aromatic carbocycles. The van der Waals surface area contributed by atoms with Crippen LogP contribution in [-0.4, -0.2) is 40.7 Å². The maximum Gasteiger partial charge on any atom is 0.573 e. The molecule has 2 aromatic heterocycles. The van der Waals surface area contributed by atoms with Crippen molar-refractivity contribution in [2.24, 2.45) is 5.92 Å². The van der Waals surface area contributed by atoms with E-state index in [1.807, 2.05) is 0 Å². The van der Waals surface area contributed by atoms with Crippen LogP contribution in [0, 0.1) is 5.92 Å². The topological polar surface area (TPSA) is 120 Å². The fraction of sp³-hybridized carbons (Fsp3) is 0.240. The van der Waals surface area contributed by atoms with E-state index in [2.05, 4.69) is 25.3 Å². The van der Waals surface area contributed by atoms with Gasteiger partial charge in [-0.05, 0) is 54.1 Å². The number of rotatable bonds is 10. The van der Waals surface area contributed by atoms with Crippen LogP contribution in [0.5, 0.6) is 5.75 Å². The third-order valence-corrected chi connectivity index (χ3v) is 5.88. The van der Waals surface area contributed by atoms with Gasteiger partial charge in [0.2, 0.25) is 0 Å². The van der Waals surface area contributed by atoms with Gasteiger partial charge in [-0.3, -0.25) is 19.4 Å². The summed E-state index contributed by atoms with van der Waals surface area (Å²) in [5, 5.41) is 4.91. The van der Waals surface area contributed by atoms with E-state index in [-0.39, 0.29) is 16.3 Å². The molecule has 2 N–H and O–H groups in total. The Labute approximate surface area is 220 Å². The maximum atomic E-state index is 13.0. The molecule has 0 bridgehead atoms. The second-order valence-electron chi connectivity index (χ2n) is 7.99. The number of anilines is 1. The highest BCUT2D eigenvalue weighted by molar-refractivity contribution is 7.99. The van der Waals surface area contributed by atoms with Crippen molar-refractivity contribution < 1.29 is 37.0 Å². The molecule has 13 heteroatoms. The highest BCUT2D eigenvalue weighted by Crippen LogP contribution is 2.34. The number of hydrogen-bond acceptors (Lipinski definition) is 8. The van der Waals surface area contributed by atoms with Crippen molar-refractivity contribution in [3.63, 3.8) is 0 Å². The number of pyridine rings is 2. The molecule has 1 unspecified atom stereocenters. The number of carbonyl (C=O) groups excluding carboxylic acids is 3. The van der Waals surface area contributed by atoms with Crippen molar-refractivity contribution in [1.82, 2.24) is 15.3 Å². The summed E-state index contributed by atoms with van der Waals surface area (Å²) in [6.07, 6.45) is -0.292. The Morgan fingerprint density at radius 3 is 2.32 bits per heavy atom. The third-order valence-electron chi connectivity index (χ3n) is 4.71. The molecule has 0 aliphatic carbocycles. The minimum Gasteiger partial charge on any atom is -0.455 e. The zero-order valence-corrected chi connectivity index (χ0v) is 21.0. The molecular weight excluding hydrogens is 525 g/mol. The molecule has 2 amide bonds. The van der Waals surface area contributed by atoms with Gasteiger partial charge >= 0.3 is 12.3 Å². The molecule has 3 aromatic rings. The van der Waals surface area contributed by atoms with Gasteiger partial charge in [0.1, 0.15) is 16.1 Å². The Bertz CT molecular complexity index is 1260. The summed E-state index contributed by atoms with van der Waals surface area (Å²) in [7, 11) is 0. The quantitative estimate of drug-likeness (QED) is 0.212. The molecule has 0 fully saturated rings. The lowest BCUT2D eigenvalue weighted by molar-refractivity contribution is -0.274. The van der Waals surface area contributed by atoms with Crippen LogP contribution in [0.15, 0.2) is 72.1 Å². The van der Waals surface area contributed by atoms with E-state index in [0.29, 0.717) is 5.56 Å². The minimum atomic E-state index is -4.83. The van der Waals surface area contributed by atoms with E-state index >= 15 is 0 Å². The van der Waals surface area contributed by atoms with Gasteiger partial charge in [-0.25, -0.2) is 4.98 Å². The van der Waals surface area contributed by atoms with Crippen molar-refractivity contribution >= 4 is 35.2 Å². The molecule has 38 heavy (non-hydrogen) atoms. The van der Waals surface area contributed by atoms with E-state index < -0.39 is 47.8 Å². The van der Waals surface area contributed by atoms with Crippen molar-refractivity contribution in [2.75, 3.05) is 11.9 Å². The molecule has 2 heterocycles. The number of benzene rings is 1. The van der Waals surface area contributed by atoms with Crippen molar-refractivity contribution in [3.8, 4) is 5.75 Å². The smallest absolute Gasteiger partial charge is 0.455 e. The number of ether oxygens (including phenoxy) is 2. The Morgan fingerprint density at radius 2 is 1.68 bits per heavy atom. The van der Waals surface area contributed by atoms with Crippen LogP contribution in [0.25, 0.3) is 0 Å². The van der Waals surface area contributed by atoms with Crippen molar-refractivity contribution in [2.45, 2.75) is 30.6 Å². The average molecular weight is 549 g/mol. The van der Waals surface area contributed by atoms with Crippen molar-refractivity contribution in [1.29, 1.82) is 0 Å². The SMILES string of the molecule is CC(C)C(=O)OCC(=O)NC(Sc1ncccc1C(=O)Nc1ccc(OC(F)(F)F)cc1)c1ccncc1. The monoisotopic (exact) mass is 548 g/mol. The van der Waals surface area contributed by atoms with Gasteiger partial charge in [-0.2, -0.15) is 0 Å². The number of thioether (sulfide) groups is 1. The van der Waals surface area contributed by atoms with Crippen LogP contribution in [0.4, 0.5) is 18.9 Å². The van der Waals surface area contributed by atoms with Crippen LogP contribution in [0.1, 0.15) is 35.1 Å². The standard InChI is InChI=1S/C25H23F3N4O5S/c1-15(2)24(35)36-14-20(33)32-22(16-9-12-29-13-10-16)38-23-19(4-3-11-30-23)21(34)31-17-5-7-18(8-6-17)37-25(26,27)28/h3-13,15,22H,14H2,1-2H3,(H,31,34)(H,32,33). The number of halogens is 3. The zero-order chi connectivity index (χ0) is 27.7. The number of nitrogens with one attached hydrogen (secondary N) is 2. The molecule has 0 aliphatic rings. The van der Waals surface area contributed by atoms with Gasteiger partial charge in [0.05, 0.1) is 11.5 Å². The lowest BCUT2D eigenvalue weighted by atomic mass is 10.2. The van der Waals surface area contributed by atoms with E-state index in [9.17, 15) is 27.6 Å². The summed E-state index contributed by atoms with van der Waals surface area (Å²) in [6.45, 7) is 2.81. The van der Waals surface area contributed by atoms with E-state index in [1.54, 1.807) is 32.0 Å². The summed E-state index contributed by atoms with van der Waals surface area (Å²) in [5.74, 6) is -2.47. The van der Waals surface area contributed by atoms with E-state index in [4.69, 9.17) is 4.74 Å². The summed E-state index contributed by atoms with van der Waals surface area (Å²) in [4.78, 5) is 45.5. The normalized spacial score (nSPS) is 11.9. The Balaban J connectivity index is 1.75. The molecule has 0 spiro atoms. The van der Waals surface area contributed by atoms with Gasteiger partial charge in [-0.15, -0.1) is 13.2 Å². The first-order chi connectivity index (χ1) is 18.0. The predicted molar refractivity (Wildman–Crippen MR) is 132 cm³/mol. The Hall–Kier alpha value is -4.13. The van der Waals surface area contributed by atoms with Crippen LogP contribution in [0.3, 0.4) is 0 Å². The highest BCUT2D eigenvalue weighted by Gasteiger charge is 2.31. The molecule has 0 saturated heterocycles. The molecular formula is C25H23F3N4O5S. The predicted octanol–water partition coefficient (Wildman–Crippen LogP) is 4.73. The number of alkyl halides is 3. The third kappa shape index (κ3) is 8.76. The van der Waals surface area contributed by atoms with Gasteiger partial charge in [0.15, 0.2) is 6.61 Å². The number of aromatic nitrogens is 2. The van der Waals surface area contributed by atoms with E-state index in [1.165, 1.54) is 36.8 Å². The summed E-state index contributed by atoms with van der Waals surface area (Å²) in [6, 6.07) is 11.1. The minimum absolute atomic E-state index is 0.160. The lowest BCUT2D eigenvalue weighted by Crippen LogP contribution is -2.32. The largest absolute Gasteiger partial charge is 0.573 e. The molecule has 0 aliphatic heterocycles. The molecule has 200 valence electrons. The van der Waals surface area contributed by atoms with Crippen molar-refractivity contribution in [3.05, 3.63) is 78.2 Å². The van der Waals surface area contributed by atoms with Crippen LogP contribution < -0.4 is 15.4 Å². The lowest BCUT2D eigenvalue weighted by Gasteiger charge is -2.19. The number of carbonyl (C=O) groups is 3. The maximum absolute atomic E-state index is 13.0. The highest BCUT2D eigenvalue weighted by atomic mass is 32.2. The van der Waals surface area contributed by atoms with Gasteiger partial charge in [-0.1, -0.05) is 25.6 Å². The molecule has 0 radical (unpaired) electrons. The molecule has 0 saturated carbocycles. The Kier molecular flexibility index (Phi) is 9.66. The van der Waals surface area contributed by atoms with E-state index in [0.717, 1.165) is 23.9 Å². The molecule has 1 atom stereocenters. The van der Waals surface area contributed by atoms with Gasteiger partial charge in [0.25, 0.3) is 11.8 Å². The van der Waals surface area contributed by atoms with Gasteiger partial charge in [0, 0.05) is 24.3 Å². The van der Waals surface area contributed by atoms with Crippen LogP contribution >= 0.6 is 11.8 Å². The van der Waals surface area contributed by atoms with Gasteiger partial charge < -0.3 is 20.1 Å². The first kappa shape index (κ1) is 28.4. The number of esters is 1. The summed E-state index contributed by atoms with van der Waals surface area (Å²) in [5.41, 5.74) is 1.04. The van der Waals surface area contributed by atoms with Crippen LogP contribution in [-0.2, 0) is 14.3 Å². The second-order valence-corrected chi connectivity index (χ2v) is 9.08. The second kappa shape index (κ2) is 12.9. The Morgan fingerprint density at radius 1 is 1.00 bits per heavy atom. The summed E-state index contributed by atoms with van der Waals surface area (Å²) < 4.78 is 46.0. The fourth-order valence-corrected chi connectivity index (χ4v) is 4.03. The first-order valence-corrected chi connectivity index (χ1v) is 12.0. The fourth-order valence-electron chi connectivity index (χ4n) is 2.92.